The molecule has 2 aromatic carbocycles. The van der Waals surface area contributed by atoms with E-state index in [1.54, 1.807) is 25.3 Å². The van der Waals surface area contributed by atoms with Gasteiger partial charge in [-0.3, -0.25) is 4.79 Å². The number of anilines is 1. The van der Waals surface area contributed by atoms with E-state index in [4.69, 9.17) is 4.74 Å². The van der Waals surface area contributed by atoms with Crippen LogP contribution in [0.2, 0.25) is 0 Å². The third kappa shape index (κ3) is 2.91. The molecule has 1 N–H and O–H groups in total. The molecule has 0 bridgehead atoms. The lowest BCUT2D eigenvalue weighted by atomic mass is 10.1. The number of ether oxygens (including phenoxy) is 1. The van der Waals surface area contributed by atoms with E-state index >= 15 is 0 Å². The number of hydrogen-bond donors (Lipinski definition) is 1. The van der Waals surface area contributed by atoms with E-state index in [9.17, 15) is 4.79 Å². The Hall–Kier alpha value is -3.35. The fourth-order valence-electron chi connectivity index (χ4n) is 2.78. The van der Waals surface area contributed by atoms with E-state index in [0.717, 1.165) is 5.56 Å². The van der Waals surface area contributed by atoms with Crippen molar-refractivity contribution >= 4 is 23.1 Å². The summed E-state index contributed by atoms with van der Waals surface area (Å²) in [4.78, 5) is 12.1. The predicted octanol–water partition coefficient (Wildman–Crippen LogP) is 3.35. The lowest BCUT2D eigenvalue weighted by molar-refractivity contribution is -0.110. The van der Waals surface area contributed by atoms with Gasteiger partial charge in [0.2, 0.25) is 0 Å². The van der Waals surface area contributed by atoms with Crippen molar-refractivity contribution < 1.29 is 9.53 Å². The van der Waals surface area contributed by atoms with Gasteiger partial charge in [-0.1, -0.05) is 30.3 Å². The van der Waals surface area contributed by atoms with Crippen molar-refractivity contribution in [1.82, 2.24) is 0 Å². The molecule has 0 spiro atoms. The highest BCUT2D eigenvalue weighted by molar-refractivity contribution is 6.53. The Morgan fingerprint density at radius 3 is 2.80 bits per heavy atom. The molecule has 1 unspecified atom stereocenters. The van der Waals surface area contributed by atoms with Crippen LogP contribution >= 0.6 is 0 Å². The van der Waals surface area contributed by atoms with Crippen LogP contribution in [0.25, 0.3) is 0 Å². The molecule has 4 rings (SSSR count). The first-order valence-electron chi connectivity index (χ1n) is 7.84. The second kappa shape index (κ2) is 6.27. The van der Waals surface area contributed by atoms with Crippen LogP contribution in [-0.4, -0.2) is 24.6 Å². The summed E-state index contributed by atoms with van der Waals surface area (Å²) < 4.78 is 5.20. The SMILES string of the molecule is COc1ccc2c(c1)/C(=N/N=C1/CC(c3ccccc3)N=N1)C(=O)N2. The molecule has 124 valence electrons. The van der Waals surface area contributed by atoms with Gasteiger partial charge in [-0.2, -0.15) is 5.11 Å². The number of carbonyl (C=O) groups excluding carboxylic acids is 1. The summed E-state index contributed by atoms with van der Waals surface area (Å²) in [6.07, 6.45) is 0.563. The molecule has 2 aliphatic rings. The molecule has 0 radical (unpaired) electrons. The first-order valence-corrected chi connectivity index (χ1v) is 7.84. The highest BCUT2D eigenvalue weighted by Crippen LogP contribution is 2.29. The van der Waals surface area contributed by atoms with Crippen LogP contribution in [0.15, 0.2) is 69.0 Å². The van der Waals surface area contributed by atoms with Gasteiger partial charge in [0.05, 0.1) is 12.8 Å². The van der Waals surface area contributed by atoms with Crippen LogP contribution in [0.1, 0.15) is 23.6 Å². The standard InChI is InChI=1S/C18H15N5O2/c1-25-12-7-8-14-13(9-12)17(18(24)19-14)23-22-16-10-15(20-21-16)11-5-3-2-4-6-11/h2-9,15H,10H2,1H3,(H,19,23,24)/b22-16-. The van der Waals surface area contributed by atoms with Gasteiger partial charge in [0.1, 0.15) is 11.8 Å². The molecule has 2 aromatic rings. The number of carbonyl (C=O) groups is 1. The monoisotopic (exact) mass is 333 g/mol. The third-order valence-electron chi connectivity index (χ3n) is 4.08. The normalized spacial score (nSPS) is 21.6. The number of amides is 1. The van der Waals surface area contributed by atoms with Crippen molar-refractivity contribution in [3.63, 3.8) is 0 Å². The summed E-state index contributed by atoms with van der Waals surface area (Å²) in [7, 11) is 1.58. The Bertz CT molecular complexity index is 918. The lowest BCUT2D eigenvalue weighted by Gasteiger charge is -2.03. The molecule has 2 aliphatic heterocycles. The summed E-state index contributed by atoms with van der Waals surface area (Å²) in [6, 6.07) is 15.2. The summed E-state index contributed by atoms with van der Waals surface area (Å²) in [5.41, 5.74) is 2.70. The fraction of sp³-hybridized carbons (Fsp3) is 0.167. The molecule has 2 heterocycles. The molecule has 25 heavy (non-hydrogen) atoms. The minimum Gasteiger partial charge on any atom is -0.497 e. The molecule has 0 aromatic heterocycles. The topological polar surface area (TPSA) is 87.8 Å². The molecule has 0 aliphatic carbocycles. The maximum atomic E-state index is 12.1. The zero-order valence-electron chi connectivity index (χ0n) is 13.5. The lowest BCUT2D eigenvalue weighted by Crippen LogP contribution is -2.14. The predicted molar refractivity (Wildman–Crippen MR) is 94.3 cm³/mol. The molecular weight excluding hydrogens is 318 g/mol. The number of methoxy groups -OCH3 is 1. The molecule has 7 nitrogen and oxygen atoms in total. The van der Waals surface area contributed by atoms with Crippen molar-refractivity contribution in [1.29, 1.82) is 0 Å². The van der Waals surface area contributed by atoms with Gasteiger partial charge < -0.3 is 10.1 Å². The Labute approximate surface area is 144 Å². The Balaban J connectivity index is 1.58. The van der Waals surface area contributed by atoms with Gasteiger partial charge in [-0.25, -0.2) is 0 Å². The number of nitrogens with zero attached hydrogens (tertiary/aromatic N) is 4. The summed E-state index contributed by atoms with van der Waals surface area (Å²) in [5.74, 6) is 0.868. The molecule has 7 heteroatoms. The number of rotatable bonds is 3. The number of fused-ring (bicyclic) bond motifs is 1. The Kier molecular flexibility index (Phi) is 3.81. The average Bonchev–Trinajstić information content (AvgIpc) is 3.24. The van der Waals surface area contributed by atoms with E-state index < -0.39 is 0 Å². The third-order valence-corrected chi connectivity index (χ3v) is 4.08. The number of nitrogens with one attached hydrogen (secondary N) is 1. The number of hydrogen-bond acceptors (Lipinski definition) is 5. The van der Waals surface area contributed by atoms with Crippen molar-refractivity contribution in [3.8, 4) is 5.75 Å². The van der Waals surface area contributed by atoms with Crippen molar-refractivity contribution in [2.45, 2.75) is 12.5 Å². The Morgan fingerprint density at radius 1 is 1.16 bits per heavy atom. The first kappa shape index (κ1) is 15.2. The molecule has 1 atom stereocenters. The highest BCUT2D eigenvalue weighted by atomic mass is 16.5. The van der Waals surface area contributed by atoms with E-state index in [-0.39, 0.29) is 17.7 Å². The molecular formula is C18H15N5O2. The van der Waals surface area contributed by atoms with Crippen LogP contribution in [0, 0.1) is 0 Å². The second-order valence-corrected chi connectivity index (χ2v) is 5.68. The minimum absolute atomic E-state index is 0.0510. The van der Waals surface area contributed by atoms with Crippen LogP contribution in [-0.2, 0) is 4.79 Å². The van der Waals surface area contributed by atoms with E-state index in [0.29, 0.717) is 29.3 Å². The Morgan fingerprint density at radius 2 is 2.00 bits per heavy atom. The van der Waals surface area contributed by atoms with E-state index in [1.165, 1.54) is 0 Å². The van der Waals surface area contributed by atoms with Gasteiger partial charge in [0.25, 0.3) is 5.91 Å². The zero-order chi connectivity index (χ0) is 17.2. The van der Waals surface area contributed by atoms with Crippen LogP contribution < -0.4 is 10.1 Å². The van der Waals surface area contributed by atoms with Crippen molar-refractivity contribution in [3.05, 3.63) is 59.7 Å². The maximum absolute atomic E-state index is 12.1. The quantitative estimate of drug-likeness (QED) is 0.873. The first-order chi connectivity index (χ1) is 12.2. The van der Waals surface area contributed by atoms with Gasteiger partial charge >= 0.3 is 0 Å². The fourth-order valence-corrected chi connectivity index (χ4v) is 2.78. The van der Waals surface area contributed by atoms with Crippen LogP contribution in [0.5, 0.6) is 5.75 Å². The van der Waals surface area contributed by atoms with Crippen LogP contribution in [0.3, 0.4) is 0 Å². The smallest absolute Gasteiger partial charge is 0.276 e. The molecule has 0 saturated heterocycles. The van der Waals surface area contributed by atoms with Crippen LogP contribution in [0.4, 0.5) is 5.69 Å². The molecule has 1 amide bonds. The van der Waals surface area contributed by atoms with E-state index in [2.05, 4.69) is 25.7 Å². The number of benzene rings is 2. The van der Waals surface area contributed by atoms with Crippen molar-refractivity contribution in [2.75, 3.05) is 12.4 Å². The van der Waals surface area contributed by atoms with Gasteiger partial charge in [0, 0.05) is 12.0 Å². The molecule has 0 fully saturated rings. The van der Waals surface area contributed by atoms with Crippen molar-refractivity contribution in [2.24, 2.45) is 20.4 Å². The minimum atomic E-state index is -0.290. The van der Waals surface area contributed by atoms with Gasteiger partial charge in [0.15, 0.2) is 11.5 Å². The second-order valence-electron chi connectivity index (χ2n) is 5.68. The van der Waals surface area contributed by atoms with Gasteiger partial charge in [-0.15, -0.1) is 15.3 Å². The average molecular weight is 333 g/mol. The zero-order valence-corrected chi connectivity index (χ0v) is 13.5. The van der Waals surface area contributed by atoms with Gasteiger partial charge in [-0.05, 0) is 23.8 Å². The maximum Gasteiger partial charge on any atom is 0.276 e. The van der Waals surface area contributed by atoms with E-state index in [1.807, 2.05) is 30.3 Å². The number of azo groups is 1. The number of amidine groups is 1. The highest BCUT2D eigenvalue weighted by Gasteiger charge is 2.27. The largest absolute Gasteiger partial charge is 0.497 e. The summed E-state index contributed by atoms with van der Waals surface area (Å²) >= 11 is 0. The summed E-state index contributed by atoms with van der Waals surface area (Å²) in [6.45, 7) is 0. The molecule has 0 saturated carbocycles. The summed E-state index contributed by atoms with van der Waals surface area (Å²) in [5, 5.41) is 19.3.